The Hall–Kier alpha value is -2.77. The third-order valence-electron chi connectivity index (χ3n) is 5.75. The number of hydrogen-bond acceptors (Lipinski definition) is 3. The molecule has 0 bridgehead atoms. The van der Waals surface area contributed by atoms with E-state index < -0.39 is 5.97 Å². The van der Waals surface area contributed by atoms with Crippen molar-refractivity contribution in [1.82, 2.24) is 4.90 Å². The molecule has 4 heteroatoms. The minimum atomic E-state index is -0.685. The Morgan fingerprint density at radius 2 is 1.57 bits per heavy atom. The van der Waals surface area contributed by atoms with Crippen LogP contribution in [-0.2, 0) is 17.6 Å². The van der Waals surface area contributed by atoms with Gasteiger partial charge in [-0.25, -0.2) is 0 Å². The van der Waals surface area contributed by atoms with E-state index in [0.29, 0.717) is 19.6 Å². The molecule has 1 fully saturated rings. The average Bonchev–Trinajstić information content (AvgIpc) is 2.88. The second kappa shape index (κ2) is 8.50. The minimum absolute atomic E-state index is 0.250. The van der Waals surface area contributed by atoms with Crippen molar-refractivity contribution in [2.45, 2.75) is 25.7 Å². The van der Waals surface area contributed by atoms with Crippen LogP contribution in [0.3, 0.4) is 0 Å². The van der Waals surface area contributed by atoms with Crippen LogP contribution in [0.2, 0.25) is 0 Å². The Bertz CT molecular complexity index is 865. The van der Waals surface area contributed by atoms with E-state index in [1.165, 1.54) is 22.5 Å². The number of anilines is 2. The lowest BCUT2D eigenvalue weighted by Gasteiger charge is -2.29. The van der Waals surface area contributed by atoms with Crippen LogP contribution in [0.1, 0.15) is 24.0 Å². The summed E-state index contributed by atoms with van der Waals surface area (Å²) in [7, 11) is 0. The summed E-state index contributed by atoms with van der Waals surface area (Å²) in [6, 6.07) is 17.2. The van der Waals surface area contributed by atoms with Gasteiger partial charge >= 0.3 is 5.97 Å². The van der Waals surface area contributed by atoms with E-state index in [9.17, 15) is 9.90 Å². The number of piperidine rings is 1. The van der Waals surface area contributed by atoms with Gasteiger partial charge in [-0.3, -0.25) is 9.69 Å². The highest BCUT2D eigenvalue weighted by molar-refractivity contribution is 5.72. The molecular formula is C24H26N2O2. The maximum atomic E-state index is 11.2. The molecule has 1 atom stereocenters. The van der Waals surface area contributed by atoms with Crippen molar-refractivity contribution in [2.75, 3.05) is 31.1 Å². The molecule has 2 aromatic carbocycles. The van der Waals surface area contributed by atoms with Gasteiger partial charge in [0.25, 0.3) is 0 Å². The monoisotopic (exact) mass is 374 g/mol. The fraction of sp³-hybridized carbons (Fsp3) is 0.375. The van der Waals surface area contributed by atoms with Gasteiger partial charge in [-0.15, -0.1) is 0 Å². The smallest absolute Gasteiger partial charge is 0.307 e. The molecule has 2 aliphatic heterocycles. The Morgan fingerprint density at radius 3 is 2.21 bits per heavy atom. The largest absolute Gasteiger partial charge is 0.481 e. The van der Waals surface area contributed by atoms with Crippen molar-refractivity contribution in [3.63, 3.8) is 0 Å². The second-order valence-electron chi connectivity index (χ2n) is 7.61. The number of hydrogen-bond donors (Lipinski definition) is 1. The molecule has 0 aliphatic carbocycles. The summed E-state index contributed by atoms with van der Waals surface area (Å²) in [5.74, 6) is 5.69. The van der Waals surface area contributed by atoms with Crippen molar-refractivity contribution in [2.24, 2.45) is 5.92 Å². The normalized spacial score (nSPS) is 19.0. The van der Waals surface area contributed by atoms with Gasteiger partial charge < -0.3 is 10.0 Å². The molecule has 4 rings (SSSR count). The molecule has 2 aromatic rings. The number of carbonyl (C=O) groups is 1. The molecule has 28 heavy (non-hydrogen) atoms. The van der Waals surface area contributed by atoms with Crippen molar-refractivity contribution in [3.05, 3.63) is 59.7 Å². The Morgan fingerprint density at radius 1 is 0.964 bits per heavy atom. The summed E-state index contributed by atoms with van der Waals surface area (Å²) >= 11 is 0. The third kappa shape index (κ3) is 4.05. The highest BCUT2D eigenvalue weighted by Gasteiger charge is 2.24. The first-order valence-electron chi connectivity index (χ1n) is 10.1. The summed E-state index contributed by atoms with van der Waals surface area (Å²) in [5.41, 5.74) is 5.21. The number of rotatable bonds is 3. The molecule has 0 saturated carbocycles. The van der Waals surface area contributed by atoms with E-state index in [-0.39, 0.29) is 5.92 Å². The van der Waals surface area contributed by atoms with Crippen LogP contribution in [0.5, 0.6) is 0 Å². The van der Waals surface area contributed by atoms with Crippen molar-refractivity contribution in [1.29, 1.82) is 0 Å². The van der Waals surface area contributed by atoms with E-state index in [2.05, 4.69) is 70.2 Å². The Kier molecular flexibility index (Phi) is 5.64. The van der Waals surface area contributed by atoms with Gasteiger partial charge in [0.15, 0.2) is 0 Å². The lowest BCUT2D eigenvalue weighted by atomic mass is 9.98. The summed E-state index contributed by atoms with van der Waals surface area (Å²) < 4.78 is 0. The van der Waals surface area contributed by atoms with Gasteiger partial charge in [0, 0.05) is 17.9 Å². The van der Waals surface area contributed by atoms with Crippen LogP contribution in [0.15, 0.2) is 48.5 Å². The van der Waals surface area contributed by atoms with Crippen LogP contribution >= 0.6 is 0 Å². The third-order valence-corrected chi connectivity index (χ3v) is 5.75. The first kappa shape index (κ1) is 18.6. The van der Waals surface area contributed by atoms with E-state index in [0.717, 1.165) is 32.2 Å². The van der Waals surface area contributed by atoms with Crippen molar-refractivity contribution < 1.29 is 9.90 Å². The number of carboxylic acids is 1. The molecule has 2 heterocycles. The van der Waals surface area contributed by atoms with Crippen LogP contribution in [0, 0.1) is 17.8 Å². The fourth-order valence-corrected chi connectivity index (χ4v) is 4.24. The van der Waals surface area contributed by atoms with Crippen LogP contribution in [0.25, 0.3) is 0 Å². The maximum absolute atomic E-state index is 11.2. The van der Waals surface area contributed by atoms with Gasteiger partial charge in [0.05, 0.1) is 19.0 Å². The lowest BCUT2D eigenvalue weighted by Crippen LogP contribution is -2.38. The van der Waals surface area contributed by atoms with E-state index in [1.54, 1.807) is 0 Å². The van der Waals surface area contributed by atoms with Gasteiger partial charge in [0.1, 0.15) is 0 Å². The number of carboxylic acid groups (broad SMARTS) is 1. The highest BCUT2D eigenvalue weighted by Crippen LogP contribution is 2.35. The SMILES string of the molecule is O=C(O)[C@@H]1CCCN(CC#CCN2c3ccccc3CCc3ccccc32)C1. The molecular weight excluding hydrogens is 348 g/mol. The molecule has 0 spiro atoms. The maximum Gasteiger partial charge on any atom is 0.307 e. The fourth-order valence-electron chi connectivity index (χ4n) is 4.24. The number of likely N-dealkylation sites (tertiary alicyclic amines) is 1. The van der Waals surface area contributed by atoms with E-state index in [1.807, 2.05) is 0 Å². The lowest BCUT2D eigenvalue weighted by molar-refractivity contribution is -0.143. The van der Waals surface area contributed by atoms with E-state index in [4.69, 9.17) is 0 Å². The number of para-hydroxylation sites is 2. The van der Waals surface area contributed by atoms with Gasteiger partial charge in [-0.2, -0.15) is 0 Å². The Balaban J connectivity index is 1.49. The van der Waals surface area contributed by atoms with Gasteiger partial charge in [0.2, 0.25) is 0 Å². The zero-order valence-electron chi connectivity index (χ0n) is 16.1. The predicted octanol–water partition coefficient (Wildman–Crippen LogP) is 3.72. The van der Waals surface area contributed by atoms with Crippen LogP contribution < -0.4 is 4.90 Å². The van der Waals surface area contributed by atoms with Crippen LogP contribution in [0.4, 0.5) is 11.4 Å². The quantitative estimate of drug-likeness (QED) is 0.832. The first-order valence-corrected chi connectivity index (χ1v) is 10.1. The molecule has 4 nitrogen and oxygen atoms in total. The molecule has 1 N–H and O–H groups in total. The molecule has 0 unspecified atom stereocenters. The minimum Gasteiger partial charge on any atom is -0.481 e. The second-order valence-corrected chi connectivity index (χ2v) is 7.61. The topological polar surface area (TPSA) is 43.8 Å². The number of fused-ring (bicyclic) bond motifs is 2. The predicted molar refractivity (Wildman–Crippen MR) is 112 cm³/mol. The van der Waals surface area contributed by atoms with Gasteiger partial charge in [-0.05, 0) is 55.5 Å². The molecule has 1 saturated heterocycles. The standard InChI is InChI=1S/C24H26N2O2/c27-24(28)21-10-7-16-25(18-21)15-5-6-17-26-22-11-3-1-8-19(22)13-14-20-9-2-4-12-23(20)26/h1-4,8-9,11-12,21H,7,10,13-18H2,(H,27,28)/t21-/m1/s1. The summed E-state index contributed by atoms with van der Waals surface area (Å²) in [4.78, 5) is 15.7. The van der Waals surface area contributed by atoms with Gasteiger partial charge in [-0.1, -0.05) is 48.2 Å². The zero-order chi connectivity index (χ0) is 19.3. The Labute approximate surface area is 166 Å². The van der Waals surface area contributed by atoms with E-state index >= 15 is 0 Å². The average molecular weight is 374 g/mol. The van der Waals surface area contributed by atoms with Crippen LogP contribution in [-0.4, -0.2) is 42.2 Å². The van der Waals surface area contributed by atoms with Crippen molar-refractivity contribution >= 4 is 17.3 Å². The number of aliphatic carboxylic acids is 1. The zero-order valence-corrected chi connectivity index (χ0v) is 16.1. The van der Waals surface area contributed by atoms with Crippen molar-refractivity contribution in [3.8, 4) is 11.8 Å². The molecule has 0 aromatic heterocycles. The number of benzene rings is 2. The highest BCUT2D eigenvalue weighted by atomic mass is 16.4. The number of nitrogens with zero attached hydrogens (tertiary/aromatic N) is 2. The molecule has 144 valence electrons. The molecule has 2 aliphatic rings. The first-order chi connectivity index (χ1) is 13.7. The molecule has 0 radical (unpaired) electrons. The molecule has 0 amide bonds. The summed E-state index contributed by atoms with van der Waals surface area (Å²) in [6.07, 6.45) is 3.80. The number of aryl methyl sites for hydroxylation is 2. The summed E-state index contributed by atoms with van der Waals surface area (Å²) in [5, 5.41) is 9.24. The summed E-state index contributed by atoms with van der Waals surface area (Å²) in [6.45, 7) is 2.83.